The molecule has 0 spiro atoms. The lowest BCUT2D eigenvalue weighted by Gasteiger charge is -2.30. The summed E-state index contributed by atoms with van der Waals surface area (Å²) < 4.78 is 0. The molecule has 0 aliphatic carbocycles. The minimum Gasteiger partial charge on any atom is -0.304 e. The fourth-order valence-electron chi connectivity index (χ4n) is 1.07. The van der Waals surface area contributed by atoms with Crippen LogP contribution in [-0.2, 0) is 0 Å². The van der Waals surface area contributed by atoms with Crippen LogP contribution in [0.2, 0.25) is 0 Å². The van der Waals surface area contributed by atoms with Gasteiger partial charge in [0.25, 0.3) is 0 Å². The first kappa shape index (κ1) is 7.94. The molecule has 1 saturated heterocycles. The third kappa shape index (κ3) is 1.91. The lowest BCUT2D eigenvalue weighted by atomic mass is 10.3. The zero-order valence-electron chi connectivity index (χ0n) is 6.57. The van der Waals surface area contributed by atoms with E-state index in [0.29, 0.717) is 12.3 Å². The third-order valence-electron chi connectivity index (χ3n) is 1.83. The van der Waals surface area contributed by atoms with Gasteiger partial charge in [0.05, 0.1) is 12.3 Å². The van der Waals surface area contributed by atoms with Crippen LogP contribution >= 0.6 is 0 Å². The lowest BCUT2D eigenvalue weighted by Crippen LogP contribution is -2.62. The van der Waals surface area contributed by atoms with Crippen molar-refractivity contribution in [3.05, 3.63) is 0 Å². The smallest absolute Gasteiger partial charge is 0.0699 e. The Kier molecular flexibility index (Phi) is 3.08. The van der Waals surface area contributed by atoms with Crippen molar-refractivity contribution in [2.75, 3.05) is 27.2 Å². The second-order valence-electron chi connectivity index (χ2n) is 2.50. The van der Waals surface area contributed by atoms with Crippen LogP contribution in [0.4, 0.5) is 0 Å². The molecule has 10 heavy (non-hydrogen) atoms. The average molecular weight is 144 g/mol. The quantitative estimate of drug-likeness (QED) is 0.372. The first-order valence-electron chi connectivity index (χ1n) is 3.68. The highest BCUT2D eigenvalue weighted by molar-refractivity contribution is 4.77. The highest BCUT2D eigenvalue weighted by Crippen LogP contribution is 1.85. The molecule has 1 rings (SSSR count). The van der Waals surface area contributed by atoms with Gasteiger partial charge in [-0.1, -0.05) is 0 Å². The molecule has 60 valence electrons. The van der Waals surface area contributed by atoms with Crippen molar-refractivity contribution in [1.82, 2.24) is 21.3 Å². The molecule has 1 fully saturated rings. The summed E-state index contributed by atoms with van der Waals surface area (Å²) in [4.78, 5) is 0. The van der Waals surface area contributed by atoms with Crippen molar-refractivity contribution < 1.29 is 0 Å². The second kappa shape index (κ2) is 3.88. The molecule has 1 aliphatic rings. The maximum Gasteiger partial charge on any atom is 0.0699 e. The number of piperazine rings is 1. The minimum atomic E-state index is 0.421. The van der Waals surface area contributed by atoms with Crippen LogP contribution in [0.25, 0.3) is 0 Å². The molecule has 1 heterocycles. The highest BCUT2D eigenvalue weighted by Gasteiger charge is 2.15. The van der Waals surface area contributed by atoms with Crippen molar-refractivity contribution >= 4 is 0 Å². The first-order valence-corrected chi connectivity index (χ1v) is 3.68. The molecule has 4 nitrogen and oxygen atoms in total. The fourth-order valence-corrected chi connectivity index (χ4v) is 1.07. The normalized spacial score (nSPS) is 34.2. The standard InChI is InChI=1S/C6H16N4/c1-7-5-3-10-6(8-2)4-9-5/h5-10H,3-4H2,1-2H3. The summed E-state index contributed by atoms with van der Waals surface area (Å²) in [7, 11) is 3.91. The molecule has 4 N–H and O–H groups in total. The van der Waals surface area contributed by atoms with Crippen LogP contribution < -0.4 is 21.3 Å². The summed E-state index contributed by atoms with van der Waals surface area (Å²) in [6, 6.07) is 0. The maximum absolute atomic E-state index is 3.33. The summed E-state index contributed by atoms with van der Waals surface area (Å²) in [5.41, 5.74) is 0. The van der Waals surface area contributed by atoms with E-state index in [4.69, 9.17) is 0 Å². The van der Waals surface area contributed by atoms with Gasteiger partial charge in [-0.15, -0.1) is 0 Å². The van der Waals surface area contributed by atoms with Crippen molar-refractivity contribution in [2.45, 2.75) is 12.3 Å². The van der Waals surface area contributed by atoms with Crippen molar-refractivity contribution in [2.24, 2.45) is 0 Å². The van der Waals surface area contributed by atoms with Gasteiger partial charge in [-0.2, -0.15) is 0 Å². The molecule has 0 aromatic carbocycles. The van der Waals surface area contributed by atoms with E-state index in [1.54, 1.807) is 0 Å². The van der Waals surface area contributed by atoms with Gasteiger partial charge < -0.3 is 10.6 Å². The predicted octanol–water partition coefficient (Wildman–Crippen LogP) is -1.73. The zero-order chi connectivity index (χ0) is 7.40. The Bertz CT molecular complexity index is 75.7. The van der Waals surface area contributed by atoms with Gasteiger partial charge in [0.15, 0.2) is 0 Å². The van der Waals surface area contributed by atoms with E-state index in [0.717, 1.165) is 13.1 Å². The molecular formula is C6H16N4. The zero-order valence-corrected chi connectivity index (χ0v) is 6.57. The van der Waals surface area contributed by atoms with Crippen LogP contribution in [0.5, 0.6) is 0 Å². The maximum atomic E-state index is 3.33. The van der Waals surface area contributed by atoms with Crippen LogP contribution in [0.1, 0.15) is 0 Å². The molecule has 1 aliphatic heterocycles. The molecule has 0 amide bonds. The number of rotatable bonds is 2. The number of hydrogen-bond donors (Lipinski definition) is 4. The van der Waals surface area contributed by atoms with Crippen LogP contribution in [0.15, 0.2) is 0 Å². The van der Waals surface area contributed by atoms with Gasteiger partial charge in [-0.25, -0.2) is 0 Å². The van der Waals surface area contributed by atoms with Crippen molar-refractivity contribution in [3.8, 4) is 0 Å². The Morgan fingerprint density at radius 3 is 1.60 bits per heavy atom. The second-order valence-corrected chi connectivity index (χ2v) is 2.50. The Morgan fingerprint density at radius 1 is 1.00 bits per heavy atom. The highest BCUT2D eigenvalue weighted by atomic mass is 15.3. The van der Waals surface area contributed by atoms with E-state index in [2.05, 4.69) is 21.3 Å². The van der Waals surface area contributed by atoms with Gasteiger partial charge in [-0.3, -0.25) is 10.6 Å². The lowest BCUT2D eigenvalue weighted by molar-refractivity contribution is 0.298. The summed E-state index contributed by atoms with van der Waals surface area (Å²) in [5.74, 6) is 0. The van der Waals surface area contributed by atoms with Gasteiger partial charge in [-0.05, 0) is 14.1 Å². The molecule has 0 radical (unpaired) electrons. The molecule has 0 aromatic rings. The summed E-state index contributed by atoms with van der Waals surface area (Å²) in [6.45, 7) is 1.95. The Hall–Kier alpha value is -0.160. The number of likely N-dealkylation sites (N-methyl/N-ethyl adjacent to an activating group) is 2. The van der Waals surface area contributed by atoms with Crippen LogP contribution in [0, 0.1) is 0 Å². The largest absolute Gasteiger partial charge is 0.304 e. The number of hydrogen-bond acceptors (Lipinski definition) is 4. The topological polar surface area (TPSA) is 48.1 Å². The van der Waals surface area contributed by atoms with Crippen LogP contribution in [-0.4, -0.2) is 39.5 Å². The average Bonchev–Trinajstić information content (AvgIpc) is 2.05. The number of nitrogens with one attached hydrogen (secondary N) is 4. The molecule has 0 bridgehead atoms. The molecule has 2 atom stereocenters. The molecule has 2 unspecified atom stereocenters. The minimum absolute atomic E-state index is 0.421. The summed E-state index contributed by atoms with van der Waals surface area (Å²) in [5, 5.41) is 13.0. The van der Waals surface area contributed by atoms with Gasteiger partial charge >= 0.3 is 0 Å². The molecular weight excluding hydrogens is 128 g/mol. The van der Waals surface area contributed by atoms with Crippen molar-refractivity contribution in [1.29, 1.82) is 0 Å². The van der Waals surface area contributed by atoms with E-state index < -0.39 is 0 Å². The summed E-state index contributed by atoms with van der Waals surface area (Å²) in [6.07, 6.45) is 0.842. The van der Waals surface area contributed by atoms with E-state index >= 15 is 0 Å². The van der Waals surface area contributed by atoms with Crippen molar-refractivity contribution in [3.63, 3.8) is 0 Å². The molecule has 0 saturated carbocycles. The Morgan fingerprint density at radius 2 is 1.40 bits per heavy atom. The van der Waals surface area contributed by atoms with Crippen LogP contribution in [0.3, 0.4) is 0 Å². The SMILES string of the molecule is CNC1CNC(NC)CN1. The molecule has 4 heteroatoms. The first-order chi connectivity index (χ1) is 4.86. The van der Waals surface area contributed by atoms with Gasteiger partial charge in [0, 0.05) is 13.1 Å². The molecule has 0 aromatic heterocycles. The van der Waals surface area contributed by atoms with Gasteiger partial charge in [0.1, 0.15) is 0 Å². The van der Waals surface area contributed by atoms with E-state index in [1.807, 2.05) is 14.1 Å². The van der Waals surface area contributed by atoms with E-state index in [9.17, 15) is 0 Å². The third-order valence-corrected chi connectivity index (χ3v) is 1.83. The van der Waals surface area contributed by atoms with E-state index in [1.165, 1.54) is 0 Å². The monoisotopic (exact) mass is 144 g/mol. The van der Waals surface area contributed by atoms with Gasteiger partial charge in [0.2, 0.25) is 0 Å². The van der Waals surface area contributed by atoms with E-state index in [-0.39, 0.29) is 0 Å². The fraction of sp³-hybridized carbons (Fsp3) is 1.00. The Balaban J connectivity index is 2.17. The predicted molar refractivity (Wildman–Crippen MR) is 41.7 cm³/mol. The Labute approximate surface area is 61.8 Å². The summed E-state index contributed by atoms with van der Waals surface area (Å²) >= 11 is 0.